The Morgan fingerprint density at radius 1 is 1.11 bits per heavy atom. The van der Waals surface area contributed by atoms with E-state index < -0.39 is 0 Å². The fraction of sp³-hybridized carbons (Fsp3) is 1.00. The summed E-state index contributed by atoms with van der Waals surface area (Å²) < 4.78 is 0. The van der Waals surface area contributed by atoms with Crippen molar-refractivity contribution in [2.75, 3.05) is 6.54 Å². The summed E-state index contributed by atoms with van der Waals surface area (Å²) in [6.45, 7) is 5.21. The Hall–Kier alpha value is -0.0800. The van der Waals surface area contributed by atoms with Crippen molar-refractivity contribution in [3.63, 3.8) is 0 Å². The molecule has 4 rings (SSSR count). The third-order valence-electron chi connectivity index (χ3n) is 6.14. The molecule has 0 aromatic rings. The topological polar surface area (TPSA) is 32.3 Å². The van der Waals surface area contributed by atoms with Gasteiger partial charge in [-0.1, -0.05) is 6.92 Å². The number of hydrogen-bond donors (Lipinski definition) is 2. The van der Waals surface area contributed by atoms with Crippen LogP contribution in [0.3, 0.4) is 0 Å². The Morgan fingerprint density at radius 2 is 1.61 bits per heavy atom. The molecule has 2 nitrogen and oxygen atoms in total. The van der Waals surface area contributed by atoms with E-state index in [0.717, 1.165) is 30.7 Å². The van der Waals surface area contributed by atoms with Crippen molar-refractivity contribution in [2.45, 2.75) is 70.9 Å². The number of aliphatic hydroxyl groups excluding tert-OH is 1. The maximum absolute atomic E-state index is 9.73. The van der Waals surface area contributed by atoms with Crippen LogP contribution in [0, 0.1) is 23.2 Å². The first-order chi connectivity index (χ1) is 8.61. The lowest BCUT2D eigenvalue weighted by atomic mass is 9.48. The molecule has 0 aromatic heterocycles. The van der Waals surface area contributed by atoms with Crippen LogP contribution >= 0.6 is 0 Å². The normalized spacial score (nSPS) is 45.2. The number of hydrogen-bond acceptors (Lipinski definition) is 2. The molecule has 0 spiro atoms. The molecule has 0 amide bonds. The van der Waals surface area contributed by atoms with Crippen LogP contribution in [0.5, 0.6) is 0 Å². The molecule has 0 aromatic carbocycles. The molecule has 4 aliphatic rings. The van der Waals surface area contributed by atoms with E-state index in [1.54, 1.807) is 0 Å². The van der Waals surface area contributed by atoms with Gasteiger partial charge in [0.25, 0.3) is 0 Å². The highest BCUT2D eigenvalue weighted by Crippen LogP contribution is 2.61. The second kappa shape index (κ2) is 4.79. The Labute approximate surface area is 112 Å². The predicted octanol–water partition coefficient (Wildman–Crippen LogP) is 2.95. The predicted molar refractivity (Wildman–Crippen MR) is 74.4 cm³/mol. The third kappa shape index (κ3) is 2.22. The summed E-state index contributed by atoms with van der Waals surface area (Å²) in [6.07, 6.45) is 9.61. The fourth-order valence-electron chi connectivity index (χ4n) is 5.38. The molecule has 0 aliphatic heterocycles. The third-order valence-corrected chi connectivity index (χ3v) is 6.14. The highest BCUT2D eigenvalue weighted by Gasteiger charge is 2.52. The summed E-state index contributed by atoms with van der Waals surface area (Å²) in [6, 6.07) is 0.590. The Morgan fingerprint density at radius 3 is 2.06 bits per heavy atom. The van der Waals surface area contributed by atoms with Crippen LogP contribution in [0.2, 0.25) is 0 Å². The molecule has 4 saturated carbocycles. The van der Waals surface area contributed by atoms with E-state index in [1.165, 1.54) is 38.5 Å². The van der Waals surface area contributed by atoms with Gasteiger partial charge in [0.05, 0.1) is 6.10 Å². The zero-order valence-electron chi connectivity index (χ0n) is 12.0. The van der Waals surface area contributed by atoms with Gasteiger partial charge in [0.15, 0.2) is 0 Å². The highest BCUT2D eigenvalue weighted by atomic mass is 16.3. The summed E-state index contributed by atoms with van der Waals surface area (Å²) in [4.78, 5) is 0. The molecular weight excluding hydrogens is 222 g/mol. The van der Waals surface area contributed by atoms with Gasteiger partial charge < -0.3 is 10.4 Å². The zero-order chi connectivity index (χ0) is 12.8. The van der Waals surface area contributed by atoms with Crippen LogP contribution in [-0.2, 0) is 0 Å². The first-order valence-corrected chi connectivity index (χ1v) is 8.02. The molecule has 2 unspecified atom stereocenters. The first kappa shape index (κ1) is 12.9. The molecular formula is C16H29NO. The average molecular weight is 251 g/mol. The quantitative estimate of drug-likeness (QED) is 0.787. The van der Waals surface area contributed by atoms with Gasteiger partial charge in [0.2, 0.25) is 0 Å². The van der Waals surface area contributed by atoms with Gasteiger partial charge in [-0.05, 0) is 75.0 Å². The Kier molecular flexibility index (Phi) is 3.44. The highest BCUT2D eigenvalue weighted by molar-refractivity contribution is 5.05. The standard InChI is InChI=1S/C16H29NO/c1-3-15(18)10-17-11(2)16-7-12-4-13(8-16)6-14(5-12)9-16/h11-15,17-18H,3-10H2,1-2H3. The van der Waals surface area contributed by atoms with Gasteiger partial charge in [-0.3, -0.25) is 0 Å². The summed E-state index contributed by atoms with van der Waals surface area (Å²) >= 11 is 0. The summed E-state index contributed by atoms with van der Waals surface area (Å²) in [5.41, 5.74) is 0.572. The van der Waals surface area contributed by atoms with Crippen LogP contribution in [0.25, 0.3) is 0 Å². The summed E-state index contributed by atoms with van der Waals surface area (Å²) in [5, 5.41) is 13.4. The van der Waals surface area contributed by atoms with Crippen LogP contribution in [0.1, 0.15) is 58.8 Å². The number of nitrogens with one attached hydrogen (secondary N) is 1. The molecule has 18 heavy (non-hydrogen) atoms. The van der Waals surface area contributed by atoms with Gasteiger partial charge in [-0.15, -0.1) is 0 Å². The van der Waals surface area contributed by atoms with E-state index in [2.05, 4.69) is 19.2 Å². The van der Waals surface area contributed by atoms with Crippen molar-refractivity contribution in [2.24, 2.45) is 23.2 Å². The lowest BCUT2D eigenvalue weighted by Crippen LogP contribution is -2.55. The molecule has 4 aliphatic carbocycles. The zero-order valence-corrected chi connectivity index (χ0v) is 12.0. The van der Waals surface area contributed by atoms with Crippen LogP contribution in [0.15, 0.2) is 0 Å². The molecule has 104 valence electrons. The Bertz CT molecular complexity index is 266. The SMILES string of the molecule is CCC(O)CNC(C)C12CC3CC(CC(C3)C1)C2. The molecule has 4 bridgehead atoms. The van der Waals surface area contributed by atoms with E-state index in [1.807, 2.05) is 0 Å². The minimum absolute atomic E-state index is 0.165. The Balaban J connectivity index is 1.63. The largest absolute Gasteiger partial charge is 0.392 e. The molecule has 0 saturated heterocycles. The van der Waals surface area contributed by atoms with Crippen molar-refractivity contribution in [1.82, 2.24) is 5.32 Å². The minimum Gasteiger partial charge on any atom is -0.392 e. The van der Waals surface area contributed by atoms with Crippen LogP contribution in [-0.4, -0.2) is 23.8 Å². The van der Waals surface area contributed by atoms with E-state index in [-0.39, 0.29) is 6.10 Å². The van der Waals surface area contributed by atoms with Gasteiger partial charge >= 0.3 is 0 Å². The van der Waals surface area contributed by atoms with Gasteiger partial charge in [0, 0.05) is 12.6 Å². The molecule has 4 fully saturated rings. The first-order valence-electron chi connectivity index (χ1n) is 8.02. The van der Waals surface area contributed by atoms with Gasteiger partial charge in [-0.2, -0.15) is 0 Å². The summed E-state index contributed by atoms with van der Waals surface area (Å²) in [7, 11) is 0. The van der Waals surface area contributed by atoms with Crippen molar-refractivity contribution >= 4 is 0 Å². The second-order valence-electron chi connectivity index (χ2n) is 7.47. The van der Waals surface area contributed by atoms with Crippen molar-refractivity contribution in [1.29, 1.82) is 0 Å². The van der Waals surface area contributed by atoms with Crippen molar-refractivity contribution < 1.29 is 5.11 Å². The average Bonchev–Trinajstić information content (AvgIpc) is 2.33. The molecule has 2 heteroatoms. The maximum atomic E-state index is 9.73. The lowest BCUT2D eigenvalue weighted by Gasteiger charge is -2.59. The van der Waals surface area contributed by atoms with E-state index >= 15 is 0 Å². The van der Waals surface area contributed by atoms with Gasteiger partial charge in [0.1, 0.15) is 0 Å². The van der Waals surface area contributed by atoms with Gasteiger partial charge in [-0.25, -0.2) is 0 Å². The molecule has 0 radical (unpaired) electrons. The minimum atomic E-state index is -0.165. The van der Waals surface area contributed by atoms with Crippen molar-refractivity contribution in [3.05, 3.63) is 0 Å². The van der Waals surface area contributed by atoms with E-state index in [4.69, 9.17) is 0 Å². The van der Waals surface area contributed by atoms with Crippen LogP contribution in [0.4, 0.5) is 0 Å². The lowest BCUT2D eigenvalue weighted by molar-refractivity contribution is -0.0715. The maximum Gasteiger partial charge on any atom is 0.0662 e. The van der Waals surface area contributed by atoms with Crippen molar-refractivity contribution in [3.8, 4) is 0 Å². The van der Waals surface area contributed by atoms with E-state index in [9.17, 15) is 5.11 Å². The molecule has 2 N–H and O–H groups in total. The van der Waals surface area contributed by atoms with E-state index in [0.29, 0.717) is 11.5 Å². The fourth-order valence-corrected chi connectivity index (χ4v) is 5.38. The van der Waals surface area contributed by atoms with Crippen LogP contribution < -0.4 is 5.32 Å². The number of aliphatic hydroxyl groups is 1. The monoisotopic (exact) mass is 251 g/mol. The molecule has 2 atom stereocenters. The summed E-state index contributed by atoms with van der Waals surface area (Å²) in [5.74, 6) is 3.07. The number of rotatable bonds is 5. The molecule has 0 heterocycles. The smallest absolute Gasteiger partial charge is 0.0662 e. The second-order valence-corrected chi connectivity index (χ2v) is 7.47.